The van der Waals surface area contributed by atoms with Gasteiger partial charge in [0.05, 0.1) is 0 Å². The van der Waals surface area contributed by atoms with Crippen LogP contribution < -0.4 is 0 Å². The Morgan fingerprint density at radius 3 is 1.77 bits per heavy atom. The smallest absolute Gasteiger partial charge is 0.151 e. The molecule has 0 aromatic heterocycles. The van der Waals surface area contributed by atoms with Gasteiger partial charge in [-0.2, -0.15) is 0 Å². The fraction of sp³-hybridized carbons (Fsp3) is 0.100. The highest BCUT2D eigenvalue weighted by Gasteiger charge is 2.22. The SMILES string of the molecule is FC(c1ccccc1)c1[c]cccc1C(F)c1ccccc1. The molecule has 3 aromatic carbocycles. The van der Waals surface area contributed by atoms with Crippen LogP contribution in [-0.4, -0.2) is 0 Å². The van der Waals surface area contributed by atoms with Crippen LogP contribution in [0, 0.1) is 6.07 Å². The van der Waals surface area contributed by atoms with Gasteiger partial charge in [0.25, 0.3) is 0 Å². The quantitative estimate of drug-likeness (QED) is 0.587. The molecule has 0 aliphatic carbocycles. The summed E-state index contributed by atoms with van der Waals surface area (Å²) in [7, 11) is 0. The van der Waals surface area contributed by atoms with E-state index < -0.39 is 12.3 Å². The van der Waals surface area contributed by atoms with E-state index in [1.54, 1.807) is 66.7 Å². The molecule has 0 fully saturated rings. The highest BCUT2D eigenvalue weighted by molar-refractivity contribution is 5.40. The molecule has 3 aromatic rings. The Bertz CT molecular complexity index is 658. The minimum Gasteiger partial charge on any atom is -0.237 e. The van der Waals surface area contributed by atoms with E-state index in [1.807, 2.05) is 12.1 Å². The lowest BCUT2D eigenvalue weighted by molar-refractivity contribution is 0.369. The summed E-state index contributed by atoms with van der Waals surface area (Å²) in [6.07, 6.45) is -2.75. The summed E-state index contributed by atoms with van der Waals surface area (Å²) in [6, 6.07) is 25.4. The fourth-order valence-electron chi connectivity index (χ4n) is 2.49. The Kier molecular flexibility index (Phi) is 4.29. The molecular formula is C20H15F2. The van der Waals surface area contributed by atoms with Crippen molar-refractivity contribution in [3.63, 3.8) is 0 Å². The molecule has 0 N–H and O–H groups in total. The van der Waals surface area contributed by atoms with Gasteiger partial charge in [0.1, 0.15) is 0 Å². The third kappa shape index (κ3) is 2.91. The van der Waals surface area contributed by atoms with Crippen molar-refractivity contribution in [3.8, 4) is 0 Å². The predicted octanol–water partition coefficient (Wildman–Crippen LogP) is 5.60. The lowest BCUT2D eigenvalue weighted by Gasteiger charge is -2.17. The van der Waals surface area contributed by atoms with Crippen LogP contribution in [0.5, 0.6) is 0 Å². The van der Waals surface area contributed by atoms with Crippen molar-refractivity contribution in [1.82, 2.24) is 0 Å². The summed E-state index contributed by atoms with van der Waals surface area (Å²) in [6.45, 7) is 0. The summed E-state index contributed by atoms with van der Waals surface area (Å²) >= 11 is 0. The van der Waals surface area contributed by atoms with E-state index in [1.165, 1.54) is 0 Å². The summed E-state index contributed by atoms with van der Waals surface area (Å²) in [5.41, 5.74) is 1.60. The Morgan fingerprint density at radius 2 is 1.18 bits per heavy atom. The lowest BCUT2D eigenvalue weighted by atomic mass is 9.93. The molecule has 0 aliphatic heterocycles. The number of rotatable bonds is 4. The number of hydrogen-bond acceptors (Lipinski definition) is 0. The van der Waals surface area contributed by atoms with Crippen molar-refractivity contribution in [2.24, 2.45) is 0 Å². The largest absolute Gasteiger partial charge is 0.237 e. The molecule has 2 unspecified atom stereocenters. The molecule has 2 atom stereocenters. The van der Waals surface area contributed by atoms with Gasteiger partial charge in [-0.05, 0) is 22.8 Å². The van der Waals surface area contributed by atoms with Gasteiger partial charge in [0, 0.05) is 5.56 Å². The van der Waals surface area contributed by atoms with Crippen LogP contribution in [0.3, 0.4) is 0 Å². The lowest BCUT2D eigenvalue weighted by Crippen LogP contribution is -2.04. The zero-order chi connectivity index (χ0) is 15.4. The van der Waals surface area contributed by atoms with E-state index in [2.05, 4.69) is 6.07 Å². The van der Waals surface area contributed by atoms with Crippen molar-refractivity contribution in [1.29, 1.82) is 0 Å². The predicted molar refractivity (Wildman–Crippen MR) is 84.1 cm³/mol. The molecule has 1 radical (unpaired) electrons. The third-order valence-corrected chi connectivity index (χ3v) is 3.63. The molecule has 109 valence electrons. The van der Waals surface area contributed by atoms with Crippen molar-refractivity contribution >= 4 is 0 Å². The zero-order valence-corrected chi connectivity index (χ0v) is 11.9. The first-order chi connectivity index (χ1) is 10.8. The fourth-order valence-corrected chi connectivity index (χ4v) is 2.49. The Morgan fingerprint density at radius 1 is 0.636 bits per heavy atom. The van der Waals surface area contributed by atoms with Gasteiger partial charge in [0.2, 0.25) is 0 Å². The van der Waals surface area contributed by atoms with E-state index in [0.717, 1.165) is 0 Å². The van der Waals surface area contributed by atoms with E-state index in [9.17, 15) is 8.78 Å². The first-order valence-corrected chi connectivity index (χ1v) is 7.16. The standard InChI is InChI=1S/C20H15F2/c21-19(15-9-3-1-4-10-15)17-13-7-8-14-18(17)20(22)16-11-5-2-6-12-16/h1-13,19-20H. The Labute approximate surface area is 129 Å². The van der Waals surface area contributed by atoms with Gasteiger partial charge in [-0.3, -0.25) is 0 Å². The monoisotopic (exact) mass is 293 g/mol. The van der Waals surface area contributed by atoms with Crippen LogP contribution in [0.1, 0.15) is 34.6 Å². The van der Waals surface area contributed by atoms with Crippen LogP contribution in [0.2, 0.25) is 0 Å². The van der Waals surface area contributed by atoms with Crippen LogP contribution in [-0.2, 0) is 0 Å². The van der Waals surface area contributed by atoms with Crippen LogP contribution in [0.25, 0.3) is 0 Å². The molecule has 0 saturated heterocycles. The molecule has 3 rings (SSSR count). The zero-order valence-electron chi connectivity index (χ0n) is 11.9. The van der Waals surface area contributed by atoms with Gasteiger partial charge < -0.3 is 0 Å². The van der Waals surface area contributed by atoms with E-state index >= 15 is 0 Å². The van der Waals surface area contributed by atoms with Gasteiger partial charge in [-0.15, -0.1) is 0 Å². The number of benzene rings is 3. The average Bonchev–Trinajstić information content (AvgIpc) is 2.62. The summed E-state index contributed by atoms with van der Waals surface area (Å²) < 4.78 is 29.6. The molecular weight excluding hydrogens is 278 g/mol. The minimum absolute atomic E-state index is 0.255. The molecule has 0 saturated carbocycles. The third-order valence-electron chi connectivity index (χ3n) is 3.63. The van der Waals surface area contributed by atoms with E-state index in [-0.39, 0.29) is 5.56 Å². The van der Waals surface area contributed by atoms with Crippen molar-refractivity contribution in [2.45, 2.75) is 12.3 Å². The highest BCUT2D eigenvalue weighted by atomic mass is 19.1. The number of hydrogen-bond donors (Lipinski definition) is 0. The second kappa shape index (κ2) is 6.52. The van der Waals surface area contributed by atoms with Gasteiger partial charge in [0.15, 0.2) is 12.3 Å². The van der Waals surface area contributed by atoms with Crippen LogP contribution in [0.4, 0.5) is 8.78 Å². The topological polar surface area (TPSA) is 0 Å². The molecule has 0 nitrogen and oxygen atoms in total. The molecule has 0 heterocycles. The van der Waals surface area contributed by atoms with E-state index in [0.29, 0.717) is 16.7 Å². The molecule has 0 aliphatic rings. The van der Waals surface area contributed by atoms with Crippen molar-refractivity contribution < 1.29 is 8.78 Å². The molecule has 0 amide bonds. The second-order valence-corrected chi connectivity index (χ2v) is 5.09. The highest BCUT2D eigenvalue weighted by Crippen LogP contribution is 2.35. The molecule has 22 heavy (non-hydrogen) atoms. The molecule has 0 bridgehead atoms. The average molecular weight is 293 g/mol. The molecule has 0 spiro atoms. The van der Waals surface area contributed by atoms with Crippen molar-refractivity contribution in [2.75, 3.05) is 0 Å². The van der Waals surface area contributed by atoms with Crippen LogP contribution in [0.15, 0.2) is 78.9 Å². The second-order valence-electron chi connectivity index (χ2n) is 5.09. The summed E-state index contributed by atoms with van der Waals surface area (Å²) in [4.78, 5) is 0. The van der Waals surface area contributed by atoms with E-state index in [4.69, 9.17) is 0 Å². The maximum atomic E-state index is 14.8. The molecule has 2 heteroatoms. The maximum absolute atomic E-state index is 14.8. The van der Waals surface area contributed by atoms with Gasteiger partial charge >= 0.3 is 0 Å². The first kappa shape index (κ1) is 14.5. The van der Waals surface area contributed by atoms with Crippen LogP contribution >= 0.6 is 0 Å². The number of halogens is 2. The Balaban J connectivity index is 2.00. The minimum atomic E-state index is -1.39. The van der Waals surface area contributed by atoms with Crippen molar-refractivity contribution in [3.05, 3.63) is 107 Å². The summed E-state index contributed by atoms with van der Waals surface area (Å²) in [5.74, 6) is 0. The summed E-state index contributed by atoms with van der Waals surface area (Å²) in [5, 5.41) is 0. The number of alkyl halides is 2. The maximum Gasteiger partial charge on any atom is 0.151 e. The van der Waals surface area contributed by atoms with Gasteiger partial charge in [-0.1, -0.05) is 78.9 Å². The van der Waals surface area contributed by atoms with Gasteiger partial charge in [-0.25, -0.2) is 8.78 Å². The first-order valence-electron chi connectivity index (χ1n) is 7.16. The normalized spacial score (nSPS) is 13.5. The Hall–Kier alpha value is -2.48.